The van der Waals surface area contributed by atoms with Crippen molar-refractivity contribution in [3.8, 4) is 28.2 Å². The van der Waals surface area contributed by atoms with Crippen molar-refractivity contribution in [3.63, 3.8) is 0 Å². The number of carboxylic acid groups (broad SMARTS) is 1. The molecule has 1 N–H and O–H groups in total. The molecular formula is C25H22N2O2. The van der Waals surface area contributed by atoms with E-state index in [0.29, 0.717) is 11.3 Å². The molecule has 4 aromatic rings. The van der Waals surface area contributed by atoms with Crippen LogP contribution in [-0.4, -0.2) is 20.9 Å². The topological polar surface area (TPSA) is 55.1 Å². The lowest BCUT2D eigenvalue weighted by molar-refractivity contribution is -0.136. The van der Waals surface area contributed by atoms with E-state index in [-0.39, 0.29) is 6.42 Å². The van der Waals surface area contributed by atoms with E-state index in [1.807, 2.05) is 71.4 Å². The molecule has 4 rings (SSSR count). The van der Waals surface area contributed by atoms with Crippen molar-refractivity contribution >= 4 is 5.97 Å². The van der Waals surface area contributed by atoms with Crippen LogP contribution in [0, 0.1) is 13.8 Å². The number of benzene rings is 3. The minimum Gasteiger partial charge on any atom is -0.481 e. The van der Waals surface area contributed by atoms with Crippen molar-refractivity contribution in [2.24, 2.45) is 0 Å². The molecule has 29 heavy (non-hydrogen) atoms. The molecule has 0 aliphatic carbocycles. The lowest BCUT2D eigenvalue weighted by Crippen LogP contribution is -2.04. The number of rotatable bonds is 5. The van der Waals surface area contributed by atoms with Crippen LogP contribution in [0.4, 0.5) is 0 Å². The lowest BCUT2D eigenvalue weighted by atomic mass is 9.99. The maximum absolute atomic E-state index is 11.7. The predicted octanol–water partition coefficient (Wildman–Crippen LogP) is 5.45. The van der Waals surface area contributed by atoms with Gasteiger partial charge in [0.1, 0.15) is 0 Å². The van der Waals surface area contributed by atoms with E-state index in [2.05, 4.69) is 26.0 Å². The molecule has 0 saturated carbocycles. The predicted molar refractivity (Wildman–Crippen MR) is 115 cm³/mol. The van der Waals surface area contributed by atoms with E-state index in [9.17, 15) is 9.90 Å². The fourth-order valence-corrected chi connectivity index (χ4v) is 3.53. The summed E-state index contributed by atoms with van der Waals surface area (Å²) >= 11 is 0. The molecule has 0 spiro atoms. The maximum atomic E-state index is 11.7. The third-order valence-electron chi connectivity index (χ3n) is 5.14. The fourth-order valence-electron chi connectivity index (χ4n) is 3.53. The van der Waals surface area contributed by atoms with Crippen LogP contribution >= 0.6 is 0 Å². The SMILES string of the molecule is Cc1ccc(-n2nc(-c3ccccc3)c(CC(=O)O)c2-c2ccccc2)cc1C. The molecule has 0 bridgehead atoms. The minimum absolute atomic E-state index is 0.0979. The van der Waals surface area contributed by atoms with Gasteiger partial charge in [-0.3, -0.25) is 4.79 Å². The van der Waals surface area contributed by atoms with Gasteiger partial charge in [0.05, 0.1) is 23.5 Å². The highest BCUT2D eigenvalue weighted by Crippen LogP contribution is 2.35. The number of aryl methyl sites for hydroxylation is 2. The zero-order chi connectivity index (χ0) is 20.4. The molecule has 0 saturated heterocycles. The fraction of sp³-hybridized carbons (Fsp3) is 0.120. The number of aromatic nitrogens is 2. The van der Waals surface area contributed by atoms with Gasteiger partial charge < -0.3 is 5.11 Å². The van der Waals surface area contributed by atoms with Gasteiger partial charge in [-0.05, 0) is 37.1 Å². The second-order valence-corrected chi connectivity index (χ2v) is 7.16. The molecule has 3 aromatic carbocycles. The quantitative estimate of drug-likeness (QED) is 0.499. The molecule has 0 aliphatic heterocycles. The van der Waals surface area contributed by atoms with Gasteiger partial charge in [0.15, 0.2) is 0 Å². The highest BCUT2D eigenvalue weighted by molar-refractivity contribution is 5.82. The highest BCUT2D eigenvalue weighted by Gasteiger charge is 2.23. The Morgan fingerprint density at radius 2 is 1.48 bits per heavy atom. The van der Waals surface area contributed by atoms with Gasteiger partial charge in [0.25, 0.3) is 0 Å². The van der Waals surface area contributed by atoms with E-state index < -0.39 is 5.97 Å². The first kappa shape index (κ1) is 18.7. The zero-order valence-electron chi connectivity index (χ0n) is 16.5. The molecule has 0 aliphatic rings. The first-order valence-corrected chi connectivity index (χ1v) is 9.57. The van der Waals surface area contributed by atoms with Gasteiger partial charge in [-0.15, -0.1) is 0 Å². The van der Waals surface area contributed by atoms with Crippen LogP contribution in [0.1, 0.15) is 16.7 Å². The van der Waals surface area contributed by atoms with Crippen LogP contribution in [0.15, 0.2) is 78.9 Å². The molecule has 0 atom stereocenters. The van der Waals surface area contributed by atoms with Gasteiger partial charge in [-0.25, -0.2) is 4.68 Å². The number of carboxylic acids is 1. The summed E-state index contributed by atoms with van der Waals surface area (Å²) in [5.74, 6) is -0.876. The second kappa shape index (κ2) is 7.76. The Balaban J connectivity index is 2.04. The summed E-state index contributed by atoms with van der Waals surface area (Å²) in [6.45, 7) is 4.15. The first-order valence-electron chi connectivity index (χ1n) is 9.57. The molecule has 0 amide bonds. The number of nitrogens with zero attached hydrogens (tertiary/aromatic N) is 2. The van der Waals surface area contributed by atoms with Crippen LogP contribution in [0.25, 0.3) is 28.2 Å². The van der Waals surface area contributed by atoms with E-state index in [1.54, 1.807) is 0 Å². The van der Waals surface area contributed by atoms with E-state index in [0.717, 1.165) is 28.1 Å². The average molecular weight is 382 g/mol. The maximum Gasteiger partial charge on any atom is 0.307 e. The molecule has 144 valence electrons. The van der Waals surface area contributed by atoms with Crippen molar-refractivity contribution in [2.75, 3.05) is 0 Å². The van der Waals surface area contributed by atoms with Gasteiger partial charge in [-0.1, -0.05) is 66.7 Å². The van der Waals surface area contributed by atoms with Crippen LogP contribution in [0.3, 0.4) is 0 Å². The molecule has 1 heterocycles. The van der Waals surface area contributed by atoms with Gasteiger partial charge in [0, 0.05) is 16.7 Å². The second-order valence-electron chi connectivity index (χ2n) is 7.16. The molecule has 1 aromatic heterocycles. The Morgan fingerprint density at radius 3 is 2.07 bits per heavy atom. The Labute approximate surface area is 170 Å². The highest BCUT2D eigenvalue weighted by atomic mass is 16.4. The van der Waals surface area contributed by atoms with Gasteiger partial charge >= 0.3 is 5.97 Å². The monoisotopic (exact) mass is 382 g/mol. The number of hydrogen-bond donors (Lipinski definition) is 1. The molecule has 0 unspecified atom stereocenters. The van der Waals surface area contributed by atoms with Crippen LogP contribution in [0.5, 0.6) is 0 Å². The molecule has 4 nitrogen and oxygen atoms in total. The lowest BCUT2D eigenvalue weighted by Gasteiger charge is -2.11. The first-order chi connectivity index (χ1) is 14.0. The van der Waals surface area contributed by atoms with E-state index >= 15 is 0 Å². The van der Waals surface area contributed by atoms with Crippen molar-refractivity contribution in [3.05, 3.63) is 95.6 Å². The van der Waals surface area contributed by atoms with Crippen LogP contribution < -0.4 is 0 Å². The molecule has 4 heteroatoms. The average Bonchev–Trinajstić information content (AvgIpc) is 3.10. The van der Waals surface area contributed by atoms with Crippen LogP contribution in [-0.2, 0) is 11.2 Å². The summed E-state index contributed by atoms with van der Waals surface area (Å²) in [5, 5.41) is 14.5. The Bertz CT molecular complexity index is 1160. The van der Waals surface area contributed by atoms with Gasteiger partial charge in [0.2, 0.25) is 0 Å². The summed E-state index contributed by atoms with van der Waals surface area (Å²) in [6.07, 6.45) is -0.0979. The Kier molecular flexibility index (Phi) is 5.00. The standard InChI is InChI=1S/C25H22N2O2/c1-17-13-14-21(15-18(17)2)27-25(20-11-7-4-8-12-20)22(16-23(28)29)24(26-27)19-9-5-3-6-10-19/h3-15H,16H2,1-2H3,(H,28,29). The largest absolute Gasteiger partial charge is 0.481 e. The van der Waals surface area contributed by atoms with E-state index in [1.165, 1.54) is 5.56 Å². The zero-order valence-corrected chi connectivity index (χ0v) is 16.5. The number of hydrogen-bond acceptors (Lipinski definition) is 2. The molecular weight excluding hydrogens is 360 g/mol. The third kappa shape index (κ3) is 3.69. The molecule has 0 fully saturated rings. The minimum atomic E-state index is -0.876. The summed E-state index contributed by atoms with van der Waals surface area (Å²) in [7, 11) is 0. The summed E-state index contributed by atoms with van der Waals surface area (Å²) in [4.78, 5) is 11.7. The van der Waals surface area contributed by atoms with Crippen molar-refractivity contribution < 1.29 is 9.90 Å². The number of carbonyl (C=O) groups is 1. The van der Waals surface area contributed by atoms with Crippen molar-refractivity contribution in [1.82, 2.24) is 9.78 Å². The van der Waals surface area contributed by atoms with E-state index in [4.69, 9.17) is 5.10 Å². The molecule has 0 radical (unpaired) electrons. The number of aliphatic carboxylic acids is 1. The summed E-state index contributed by atoms with van der Waals surface area (Å²) in [6, 6.07) is 25.8. The Morgan fingerprint density at radius 1 is 0.862 bits per heavy atom. The smallest absolute Gasteiger partial charge is 0.307 e. The Hall–Kier alpha value is -3.66. The summed E-state index contributed by atoms with van der Waals surface area (Å²) in [5.41, 5.74) is 7.36. The van der Waals surface area contributed by atoms with Crippen molar-refractivity contribution in [1.29, 1.82) is 0 Å². The third-order valence-corrected chi connectivity index (χ3v) is 5.14. The summed E-state index contributed by atoms with van der Waals surface area (Å²) < 4.78 is 1.88. The van der Waals surface area contributed by atoms with Crippen LogP contribution in [0.2, 0.25) is 0 Å². The van der Waals surface area contributed by atoms with Gasteiger partial charge in [-0.2, -0.15) is 5.10 Å². The van der Waals surface area contributed by atoms with Crippen molar-refractivity contribution in [2.45, 2.75) is 20.3 Å². The normalized spacial score (nSPS) is 10.8.